The molecular weight excluding hydrogens is 497 g/mol. The first-order valence-electron chi connectivity index (χ1n) is 15.9. The maximum atomic E-state index is 2.53. The predicted octanol–water partition coefficient (Wildman–Crippen LogP) is 8.84. The molecule has 211 valence electrons. The van der Waals surface area contributed by atoms with Gasteiger partial charge in [0.15, 0.2) is 8.07 Å². The van der Waals surface area contributed by atoms with E-state index in [0.29, 0.717) is 0 Å². The summed E-state index contributed by atoms with van der Waals surface area (Å²) in [5, 5.41) is 4.46. The zero-order chi connectivity index (χ0) is 28.6. The third-order valence-corrected chi connectivity index (χ3v) is 13.4. The number of benzene rings is 3. The van der Waals surface area contributed by atoms with E-state index in [2.05, 4.69) is 133 Å². The van der Waals surface area contributed by atoms with Crippen LogP contribution < -0.4 is 15.6 Å². The van der Waals surface area contributed by atoms with E-state index in [1.807, 2.05) is 0 Å². The van der Waals surface area contributed by atoms with Crippen LogP contribution in [0.25, 0.3) is 0 Å². The monoisotopic (exact) mass is 547 g/mol. The fourth-order valence-corrected chi connectivity index (χ4v) is 10.8. The van der Waals surface area contributed by atoms with Crippen LogP contribution in [0.2, 0.25) is 0 Å². The third-order valence-electron chi connectivity index (χ3n) is 8.67. The van der Waals surface area contributed by atoms with E-state index in [9.17, 15) is 0 Å². The van der Waals surface area contributed by atoms with Crippen LogP contribution in [0, 0.1) is 11.0 Å². The van der Waals surface area contributed by atoms with Gasteiger partial charge in [0.2, 0.25) is 0 Å². The molecule has 1 radical (unpaired) electrons. The van der Waals surface area contributed by atoms with E-state index >= 15 is 0 Å². The lowest BCUT2D eigenvalue weighted by Crippen LogP contribution is -2.70. The zero-order valence-electron chi connectivity index (χ0n) is 26.0. The van der Waals surface area contributed by atoms with E-state index in [1.54, 1.807) is 0 Å². The number of aryl methyl sites for hydroxylation is 3. The van der Waals surface area contributed by atoms with Crippen molar-refractivity contribution >= 4 is 23.6 Å². The molecule has 0 atom stereocenters. The Bertz CT molecular complexity index is 1130. The van der Waals surface area contributed by atoms with Gasteiger partial charge in [0.25, 0.3) is 0 Å². The van der Waals surface area contributed by atoms with Crippen molar-refractivity contribution in [3.05, 3.63) is 119 Å². The highest BCUT2D eigenvalue weighted by Crippen LogP contribution is 2.36. The van der Waals surface area contributed by atoms with Gasteiger partial charge in [-0.2, -0.15) is 0 Å². The van der Waals surface area contributed by atoms with Crippen LogP contribution in [0.4, 0.5) is 0 Å². The molecule has 40 heavy (non-hydrogen) atoms. The summed E-state index contributed by atoms with van der Waals surface area (Å²) in [6.45, 7) is 13.9. The van der Waals surface area contributed by atoms with Gasteiger partial charge in [-0.1, -0.05) is 152 Å². The Balaban J connectivity index is 1.92. The Morgan fingerprint density at radius 1 is 0.500 bits per heavy atom. The summed E-state index contributed by atoms with van der Waals surface area (Å²) in [5.74, 6) is 0. The number of rotatable bonds is 13. The first kappa shape index (κ1) is 30.3. The number of unbranched alkanes of at least 4 members (excludes halogenated alkanes) is 3. The van der Waals surface area contributed by atoms with Crippen LogP contribution in [-0.4, -0.2) is 8.07 Å². The minimum absolute atomic E-state index is 0.121. The SMILES string of the molecule is CCCCc1ccc([Si]([C]2C=CC(C(C)(C)C)=C2)(c2ccc(CCCC)cc2)c2ccc(CCCC)cc2)cc1. The summed E-state index contributed by atoms with van der Waals surface area (Å²) < 4.78 is 0. The fourth-order valence-electron chi connectivity index (χ4n) is 6.05. The molecule has 0 saturated carbocycles. The van der Waals surface area contributed by atoms with Crippen LogP contribution in [0.1, 0.15) is 96.8 Å². The molecule has 3 aromatic carbocycles. The van der Waals surface area contributed by atoms with Crippen molar-refractivity contribution in [2.45, 2.75) is 99.3 Å². The average molecular weight is 548 g/mol. The van der Waals surface area contributed by atoms with E-state index in [-0.39, 0.29) is 5.41 Å². The normalized spacial score (nSPS) is 14.1. The average Bonchev–Trinajstić information content (AvgIpc) is 3.48. The van der Waals surface area contributed by atoms with Gasteiger partial charge in [0, 0.05) is 5.54 Å². The van der Waals surface area contributed by atoms with E-state index < -0.39 is 8.07 Å². The van der Waals surface area contributed by atoms with Crippen molar-refractivity contribution in [2.75, 3.05) is 0 Å². The minimum atomic E-state index is -2.52. The lowest BCUT2D eigenvalue weighted by molar-refractivity contribution is 0.518. The lowest BCUT2D eigenvalue weighted by atomic mass is 9.87. The summed E-state index contributed by atoms with van der Waals surface area (Å²) in [7, 11) is -2.52. The fraction of sp³-hybridized carbons (Fsp3) is 0.410. The molecule has 0 unspecified atom stereocenters. The third kappa shape index (κ3) is 6.80. The molecule has 3 aromatic rings. The number of hydrogen-bond acceptors (Lipinski definition) is 0. The highest BCUT2D eigenvalue weighted by atomic mass is 28.3. The number of hydrogen-bond donors (Lipinski definition) is 0. The molecule has 0 nitrogen and oxygen atoms in total. The van der Waals surface area contributed by atoms with Gasteiger partial charge in [-0.15, -0.1) is 0 Å². The highest BCUT2D eigenvalue weighted by Gasteiger charge is 2.46. The van der Waals surface area contributed by atoms with Gasteiger partial charge >= 0.3 is 0 Å². The van der Waals surface area contributed by atoms with Crippen molar-refractivity contribution in [3.63, 3.8) is 0 Å². The topological polar surface area (TPSA) is 0 Å². The Kier molecular flexibility index (Phi) is 10.5. The molecule has 0 aliphatic heterocycles. The second-order valence-electron chi connectivity index (χ2n) is 12.8. The largest absolute Gasteiger partial charge is 0.162 e. The molecule has 0 aromatic heterocycles. The summed E-state index contributed by atoms with van der Waals surface area (Å²) in [4.78, 5) is 0. The predicted molar refractivity (Wildman–Crippen MR) is 180 cm³/mol. The van der Waals surface area contributed by atoms with Crippen molar-refractivity contribution < 1.29 is 0 Å². The minimum Gasteiger partial charge on any atom is -0.0750 e. The summed E-state index contributed by atoms with van der Waals surface area (Å²) in [6, 6.07) is 29.3. The highest BCUT2D eigenvalue weighted by molar-refractivity contribution is 7.15. The van der Waals surface area contributed by atoms with Crippen LogP contribution in [-0.2, 0) is 19.3 Å². The molecule has 4 rings (SSSR count). The molecule has 1 aliphatic rings. The first-order chi connectivity index (χ1) is 19.3. The molecule has 0 fully saturated rings. The lowest BCUT2D eigenvalue weighted by Gasteiger charge is -2.37. The molecular formula is C39H51Si. The van der Waals surface area contributed by atoms with E-state index in [1.165, 1.54) is 81.9 Å². The second kappa shape index (κ2) is 13.8. The first-order valence-corrected chi connectivity index (χ1v) is 17.9. The van der Waals surface area contributed by atoms with Crippen molar-refractivity contribution in [1.82, 2.24) is 0 Å². The summed E-state index contributed by atoms with van der Waals surface area (Å²) >= 11 is 0. The van der Waals surface area contributed by atoms with Crippen molar-refractivity contribution in [1.29, 1.82) is 0 Å². The summed E-state index contributed by atoms with van der Waals surface area (Å²) in [6.07, 6.45) is 18.3. The van der Waals surface area contributed by atoms with Crippen LogP contribution in [0.5, 0.6) is 0 Å². The van der Waals surface area contributed by atoms with Gasteiger partial charge in [-0.05, 0) is 81.8 Å². The van der Waals surface area contributed by atoms with Gasteiger partial charge < -0.3 is 0 Å². The molecule has 1 heteroatoms. The maximum Gasteiger partial charge on any atom is 0.162 e. The maximum absolute atomic E-state index is 2.53. The Morgan fingerprint density at radius 3 is 1.12 bits per heavy atom. The van der Waals surface area contributed by atoms with Crippen LogP contribution in [0.3, 0.4) is 0 Å². The molecule has 0 bridgehead atoms. The Labute approximate surface area is 246 Å². The molecule has 1 aliphatic carbocycles. The molecule has 0 saturated heterocycles. The van der Waals surface area contributed by atoms with Crippen LogP contribution in [0.15, 0.2) is 96.6 Å². The van der Waals surface area contributed by atoms with Crippen molar-refractivity contribution in [2.24, 2.45) is 5.41 Å². The van der Waals surface area contributed by atoms with E-state index in [4.69, 9.17) is 0 Å². The van der Waals surface area contributed by atoms with Gasteiger partial charge in [-0.25, -0.2) is 0 Å². The van der Waals surface area contributed by atoms with Crippen LogP contribution >= 0.6 is 0 Å². The van der Waals surface area contributed by atoms with Crippen molar-refractivity contribution in [3.8, 4) is 0 Å². The standard InChI is InChI=1S/C39H51Si/c1-7-10-13-31-16-23-35(24-17-31)40(38-29-22-34(30-38)39(4,5)6,36-25-18-32(19-26-36)14-11-8-2)37-27-20-33(21-28-37)15-12-9-3/h16-30H,7-15H2,1-6H3. The molecule has 0 amide bonds. The smallest absolute Gasteiger partial charge is 0.0750 e. The number of allylic oxidation sites excluding steroid dienone is 4. The van der Waals surface area contributed by atoms with Gasteiger partial charge in [0.1, 0.15) is 0 Å². The summed E-state index contributed by atoms with van der Waals surface area (Å²) in [5.41, 5.74) is 7.42. The Hall–Kier alpha value is -2.64. The van der Waals surface area contributed by atoms with Gasteiger partial charge in [-0.3, -0.25) is 0 Å². The molecule has 0 N–H and O–H groups in total. The van der Waals surface area contributed by atoms with E-state index in [0.717, 1.165) is 19.3 Å². The molecule has 0 spiro atoms. The quantitative estimate of drug-likeness (QED) is 0.148. The van der Waals surface area contributed by atoms with Gasteiger partial charge in [0.05, 0.1) is 0 Å². The molecule has 0 heterocycles. The second-order valence-corrected chi connectivity index (χ2v) is 16.6. The Morgan fingerprint density at radius 2 is 0.850 bits per heavy atom. The zero-order valence-corrected chi connectivity index (χ0v) is 27.0.